The second-order valence-corrected chi connectivity index (χ2v) is 6.33. The number of phenols is 2. The molecule has 0 saturated heterocycles. The SMILES string of the molecule is O=C(O)c1ccc2[nH]c(-c3cc(O)cc(S(=O)(=O)O)c3O)nc2c1. The summed E-state index contributed by atoms with van der Waals surface area (Å²) >= 11 is 0. The number of aromatic amines is 1. The number of hydrogen-bond acceptors (Lipinski definition) is 6. The number of hydrogen-bond donors (Lipinski definition) is 5. The predicted molar refractivity (Wildman–Crippen MR) is 81.6 cm³/mol. The van der Waals surface area contributed by atoms with E-state index in [1.807, 2.05) is 0 Å². The zero-order valence-electron chi connectivity index (χ0n) is 11.8. The van der Waals surface area contributed by atoms with Crippen molar-refractivity contribution in [1.29, 1.82) is 0 Å². The van der Waals surface area contributed by atoms with Gasteiger partial charge in [-0.25, -0.2) is 9.78 Å². The lowest BCUT2D eigenvalue weighted by molar-refractivity contribution is 0.0697. The molecule has 0 fully saturated rings. The summed E-state index contributed by atoms with van der Waals surface area (Å²) in [4.78, 5) is 17.0. The number of imidazole rings is 1. The number of nitrogens with one attached hydrogen (secondary N) is 1. The molecule has 2 aromatic carbocycles. The van der Waals surface area contributed by atoms with Gasteiger partial charge in [0.1, 0.15) is 22.2 Å². The van der Waals surface area contributed by atoms with Gasteiger partial charge in [0, 0.05) is 6.07 Å². The van der Waals surface area contributed by atoms with Crippen molar-refractivity contribution in [2.75, 3.05) is 0 Å². The predicted octanol–water partition coefficient (Wildman–Crippen LogP) is 1.59. The number of carbonyl (C=O) groups is 1. The van der Waals surface area contributed by atoms with Gasteiger partial charge < -0.3 is 20.3 Å². The molecule has 0 unspecified atom stereocenters. The van der Waals surface area contributed by atoms with Crippen LogP contribution in [0.3, 0.4) is 0 Å². The smallest absolute Gasteiger partial charge is 0.335 e. The van der Waals surface area contributed by atoms with Gasteiger partial charge in [-0.2, -0.15) is 8.42 Å². The standard InChI is InChI=1S/C14H10N2O7S/c17-7-4-8(12(18)11(5-7)24(21,22)23)13-15-9-2-1-6(14(19)20)3-10(9)16-13/h1-5,17-18H,(H,15,16)(H,19,20)(H,21,22,23). The van der Waals surface area contributed by atoms with Crippen molar-refractivity contribution in [1.82, 2.24) is 9.97 Å². The molecule has 0 spiro atoms. The third-order valence-electron chi connectivity index (χ3n) is 3.32. The van der Waals surface area contributed by atoms with E-state index in [0.29, 0.717) is 11.6 Å². The molecule has 0 atom stereocenters. The molecule has 9 nitrogen and oxygen atoms in total. The fourth-order valence-corrected chi connectivity index (χ4v) is 2.86. The van der Waals surface area contributed by atoms with Crippen molar-refractivity contribution in [3.05, 3.63) is 35.9 Å². The van der Waals surface area contributed by atoms with E-state index >= 15 is 0 Å². The van der Waals surface area contributed by atoms with Crippen LogP contribution in [0.25, 0.3) is 22.4 Å². The average molecular weight is 350 g/mol. The number of aromatic hydroxyl groups is 2. The topological polar surface area (TPSA) is 161 Å². The Morgan fingerprint density at radius 3 is 2.46 bits per heavy atom. The molecule has 0 aliphatic rings. The first-order chi connectivity index (χ1) is 11.2. The third-order valence-corrected chi connectivity index (χ3v) is 4.19. The van der Waals surface area contributed by atoms with Crippen molar-refractivity contribution in [3.63, 3.8) is 0 Å². The van der Waals surface area contributed by atoms with Gasteiger partial charge in [0.25, 0.3) is 10.1 Å². The Balaban J connectivity index is 2.24. The van der Waals surface area contributed by atoms with Crippen molar-refractivity contribution in [2.45, 2.75) is 4.90 Å². The summed E-state index contributed by atoms with van der Waals surface area (Å²) in [5.74, 6) is -2.46. The highest BCUT2D eigenvalue weighted by molar-refractivity contribution is 7.86. The number of benzene rings is 2. The highest BCUT2D eigenvalue weighted by atomic mass is 32.2. The maximum Gasteiger partial charge on any atom is 0.335 e. The quantitative estimate of drug-likeness (QED) is 0.351. The van der Waals surface area contributed by atoms with Crippen LogP contribution in [-0.2, 0) is 10.1 Å². The number of aromatic nitrogens is 2. The molecule has 0 saturated carbocycles. The first-order valence-electron chi connectivity index (χ1n) is 6.43. The molecule has 24 heavy (non-hydrogen) atoms. The first-order valence-corrected chi connectivity index (χ1v) is 7.87. The lowest BCUT2D eigenvalue weighted by atomic mass is 10.2. The zero-order chi connectivity index (χ0) is 17.6. The van der Waals surface area contributed by atoms with Gasteiger partial charge in [-0.15, -0.1) is 0 Å². The van der Waals surface area contributed by atoms with Crippen molar-refractivity contribution in [3.8, 4) is 22.9 Å². The normalized spacial score (nSPS) is 11.7. The lowest BCUT2D eigenvalue weighted by Gasteiger charge is -2.07. The van der Waals surface area contributed by atoms with E-state index in [4.69, 9.17) is 9.66 Å². The monoisotopic (exact) mass is 350 g/mol. The van der Waals surface area contributed by atoms with Crippen LogP contribution >= 0.6 is 0 Å². The Kier molecular flexibility index (Phi) is 3.43. The average Bonchev–Trinajstić information content (AvgIpc) is 2.90. The summed E-state index contributed by atoms with van der Waals surface area (Å²) < 4.78 is 31.6. The van der Waals surface area contributed by atoms with Gasteiger partial charge in [-0.1, -0.05) is 0 Å². The molecular weight excluding hydrogens is 340 g/mol. The van der Waals surface area contributed by atoms with Gasteiger partial charge >= 0.3 is 5.97 Å². The molecule has 10 heteroatoms. The molecule has 0 bridgehead atoms. The number of nitrogens with zero attached hydrogens (tertiary/aromatic N) is 1. The van der Waals surface area contributed by atoms with Crippen LogP contribution in [0.1, 0.15) is 10.4 Å². The zero-order valence-corrected chi connectivity index (χ0v) is 12.6. The third kappa shape index (κ3) is 2.64. The Morgan fingerprint density at radius 1 is 1.12 bits per heavy atom. The van der Waals surface area contributed by atoms with E-state index in [-0.39, 0.29) is 22.5 Å². The highest BCUT2D eigenvalue weighted by Crippen LogP contribution is 2.37. The van der Waals surface area contributed by atoms with E-state index in [2.05, 4.69) is 9.97 Å². The Hall–Kier alpha value is -3.11. The van der Waals surface area contributed by atoms with E-state index in [1.54, 1.807) is 0 Å². The summed E-state index contributed by atoms with van der Waals surface area (Å²) in [6.07, 6.45) is 0. The van der Waals surface area contributed by atoms with Crippen molar-refractivity contribution >= 4 is 27.1 Å². The van der Waals surface area contributed by atoms with Crippen molar-refractivity contribution < 1.29 is 33.1 Å². The number of rotatable bonds is 3. The minimum Gasteiger partial charge on any atom is -0.508 e. The second kappa shape index (κ2) is 5.22. The van der Waals surface area contributed by atoms with E-state index < -0.39 is 32.5 Å². The number of carboxylic acid groups (broad SMARTS) is 1. The minimum absolute atomic E-state index is 0.000643. The van der Waals surface area contributed by atoms with Crippen molar-refractivity contribution in [2.24, 2.45) is 0 Å². The number of fused-ring (bicyclic) bond motifs is 1. The van der Waals surface area contributed by atoms with Gasteiger partial charge in [-0.05, 0) is 24.3 Å². The molecule has 0 aliphatic heterocycles. The molecule has 1 heterocycles. The molecule has 0 aliphatic carbocycles. The van der Waals surface area contributed by atoms with Crippen LogP contribution in [0.15, 0.2) is 35.2 Å². The molecular formula is C14H10N2O7S. The summed E-state index contributed by atoms with van der Waals surface area (Å²) in [5.41, 5.74) is 0.530. The fourth-order valence-electron chi connectivity index (χ4n) is 2.24. The van der Waals surface area contributed by atoms with Crippen LogP contribution < -0.4 is 0 Å². The summed E-state index contributed by atoms with van der Waals surface area (Å²) in [5, 5.41) is 28.7. The highest BCUT2D eigenvalue weighted by Gasteiger charge is 2.22. The number of aromatic carboxylic acids is 1. The molecule has 1 aromatic heterocycles. The Bertz CT molecular complexity index is 1090. The molecule has 3 rings (SSSR count). The summed E-state index contributed by atoms with van der Waals surface area (Å²) in [6.45, 7) is 0. The van der Waals surface area contributed by atoms with Gasteiger partial charge in [-0.3, -0.25) is 4.55 Å². The minimum atomic E-state index is -4.76. The second-order valence-electron chi connectivity index (χ2n) is 4.94. The van der Waals surface area contributed by atoms with Crippen LogP contribution in [-0.4, -0.2) is 44.2 Å². The Labute approximate surface area is 134 Å². The van der Waals surface area contributed by atoms with Crippen LogP contribution in [0.2, 0.25) is 0 Å². The van der Waals surface area contributed by atoms with Gasteiger partial charge in [0.05, 0.1) is 22.2 Å². The maximum atomic E-state index is 11.3. The summed E-state index contributed by atoms with van der Waals surface area (Å²) in [6, 6.07) is 5.85. The molecule has 5 N–H and O–H groups in total. The Morgan fingerprint density at radius 2 is 1.83 bits per heavy atom. The maximum absolute atomic E-state index is 11.3. The molecule has 124 valence electrons. The lowest BCUT2D eigenvalue weighted by Crippen LogP contribution is -1.99. The molecule has 0 radical (unpaired) electrons. The largest absolute Gasteiger partial charge is 0.508 e. The molecule has 3 aromatic rings. The number of phenolic OH excluding ortho intramolecular Hbond substituents is 2. The number of H-pyrrole nitrogens is 1. The first kappa shape index (κ1) is 15.8. The fraction of sp³-hybridized carbons (Fsp3) is 0. The van der Waals surface area contributed by atoms with E-state index in [9.17, 15) is 23.4 Å². The number of carboxylic acids is 1. The van der Waals surface area contributed by atoms with Gasteiger partial charge in [0.15, 0.2) is 0 Å². The molecule has 0 amide bonds. The van der Waals surface area contributed by atoms with Crippen LogP contribution in [0, 0.1) is 0 Å². The van der Waals surface area contributed by atoms with Crippen LogP contribution in [0.5, 0.6) is 11.5 Å². The van der Waals surface area contributed by atoms with E-state index in [1.165, 1.54) is 18.2 Å². The van der Waals surface area contributed by atoms with Gasteiger partial charge in [0.2, 0.25) is 0 Å². The summed E-state index contributed by atoms with van der Waals surface area (Å²) in [7, 11) is -4.76. The van der Waals surface area contributed by atoms with E-state index in [0.717, 1.165) is 6.07 Å². The van der Waals surface area contributed by atoms with Crippen LogP contribution in [0.4, 0.5) is 0 Å².